The van der Waals surface area contributed by atoms with Gasteiger partial charge in [-0.2, -0.15) is 0 Å². The van der Waals surface area contributed by atoms with Crippen LogP contribution in [0.5, 0.6) is 11.5 Å². The van der Waals surface area contributed by atoms with Crippen LogP contribution in [0, 0.1) is 5.41 Å². The van der Waals surface area contributed by atoms with Crippen molar-refractivity contribution in [3.8, 4) is 11.5 Å². The molecule has 5 nitrogen and oxygen atoms in total. The molecular weight excluding hydrogens is 256 g/mol. The number of nitrogens with two attached hydrogens (primary N) is 1. The molecule has 2 N–H and O–H groups in total. The Labute approximate surface area is 119 Å². The van der Waals surface area contributed by atoms with Crippen LogP contribution in [0.15, 0.2) is 18.2 Å². The average molecular weight is 278 g/mol. The minimum Gasteiger partial charge on any atom is -0.486 e. The van der Waals surface area contributed by atoms with Crippen molar-refractivity contribution in [1.29, 1.82) is 0 Å². The highest BCUT2D eigenvalue weighted by Crippen LogP contribution is 2.35. The summed E-state index contributed by atoms with van der Waals surface area (Å²) in [6.45, 7) is 7.68. The van der Waals surface area contributed by atoms with Crippen molar-refractivity contribution in [1.82, 2.24) is 0 Å². The number of ether oxygens (including phenoxy) is 2. The maximum absolute atomic E-state index is 12.5. The predicted octanol–water partition coefficient (Wildman–Crippen LogP) is 1.80. The van der Waals surface area contributed by atoms with Gasteiger partial charge in [-0.05, 0) is 12.1 Å². The number of hydrogen-bond donors (Lipinski definition) is 1. The Morgan fingerprint density at radius 1 is 1.25 bits per heavy atom. The van der Waals surface area contributed by atoms with Crippen LogP contribution >= 0.6 is 0 Å². The second kappa shape index (κ2) is 5.71. The van der Waals surface area contributed by atoms with E-state index >= 15 is 0 Å². The summed E-state index contributed by atoms with van der Waals surface area (Å²) in [5.74, 6) is 1.44. The molecule has 0 atom stereocenters. The molecule has 2 rings (SSSR count). The molecule has 1 aromatic rings. The standard InChI is InChI=1S/C15H22N2O3/c1-15(2,3)14(18)17(7-6-16)11-4-5-12-13(10-11)20-9-8-19-12/h4-5,10H,6-9,16H2,1-3H3. The van der Waals surface area contributed by atoms with E-state index in [-0.39, 0.29) is 5.91 Å². The van der Waals surface area contributed by atoms with Gasteiger partial charge in [0.15, 0.2) is 11.5 Å². The van der Waals surface area contributed by atoms with Crippen LogP contribution in [0.25, 0.3) is 0 Å². The summed E-state index contributed by atoms with van der Waals surface area (Å²) in [6.07, 6.45) is 0. The van der Waals surface area contributed by atoms with Gasteiger partial charge in [0.2, 0.25) is 5.91 Å². The Morgan fingerprint density at radius 2 is 1.90 bits per heavy atom. The van der Waals surface area contributed by atoms with Crippen molar-refractivity contribution in [2.75, 3.05) is 31.2 Å². The number of amides is 1. The molecule has 0 fully saturated rings. The molecule has 1 aromatic carbocycles. The van der Waals surface area contributed by atoms with Crippen LogP contribution in [-0.2, 0) is 4.79 Å². The lowest BCUT2D eigenvalue weighted by molar-refractivity contribution is -0.125. The molecule has 1 aliphatic heterocycles. The van der Waals surface area contributed by atoms with Gasteiger partial charge in [-0.3, -0.25) is 4.79 Å². The normalized spacial score (nSPS) is 14.0. The van der Waals surface area contributed by atoms with Crippen molar-refractivity contribution in [3.63, 3.8) is 0 Å². The van der Waals surface area contributed by atoms with Gasteiger partial charge in [-0.1, -0.05) is 20.8 Å². The van der Waals surface area contributed by atoms with Crippen molar-refractivity contribution in [2.45, 2.75) is 20.8 Å². The molecule has 110 valence electrons. The monoisotopic (exact) mass is 278 g/mol. The first-order valence-corrected chi connectivity index (χ1v) is 6.85. The van der Waals surface area contributed by atoms with Gasteiger partial charge in [0, 0.05) is 30.3 Å². The Hall–Kier alpha value is -1.75. The van der Waals surface area contributed by atoms with Gasteiger partial charge in [0.05, 0.1) is 0 Å². The Balaban J connectivity index is 2.32. The van der Waals surface area contributed by atoms with Gasteiger partial charge in [0.25, 0.3) is 0 Å². The molecule has 0 aromatic heterocycles. The number of rotatable bonds is 3. The molecule has 1 aliphatic rings. The summed E-state index contributed by atoms with van der Waals surface area (Å²) in [7, 11) is 0. The number of carbonyl (C=O) groups is 1. The number of anilines is 1. The molecule has 0 spiro atoms. The van der Waals surface area contributed by atoms with Gasteiger partial charge in [-0.25, -0.2) is 0 Å². The maximum atomic E-state index is 12.5. The maximum Gasteiger partial charge on any atom is 0.232 e. The highest BCUT2D eigenvalue weighted by atomic mass is 16.6. The van der Waals surface area contributed by atoms with E-state index in [2.05, 4.69) is 0 Å². The van der Waals surface area contributed by atoms with Gasteiger partial charge in [0.1, 0.15) is 13.2 Å². The minimum atomic E-state index is -0.456. The minimum absolute atomic E-state index is 0.0413. The van der Waals surface area contributed by atoms with Crippen molar-refractivity contribution in [3.05, 3.63) is 18.2 Å². The van der Waals surface area contributed by atoms with E-state index in [9.17, 15) is 4.79 Å². The van der Waals surface area contributed by atoms with Crippen LogP contribution in [0.3, 0.4) is 0 Å². The molecule has 0 unspecified atom stereocenters. The van der Waals surface area contributed by atoms with Gasteiger partial charge >= 0.3 is 0 Å². The fourth-order valence-corrected chi connectivity index (χ4v) is 2.08. The number of nitrogens with zero attached hydrogens (tertiary/aromatic N) is 1. The zero-order valence-corrected chi connectivity index (χ0v) is 12.3. The third-order valence-electron chi connectivity index (χ3n) is 3.08. The van der Waals surface area contributed by atoms with Crippen LogP contribution in [0.1, 0.15) is 20.8 Å². The Bertz CT molecular complexity index is 494. The van der Waals surface area contributed by atoms with Gasteiger partial charge < -0.3 is 20.1 Å². The van der Waals surface area contributed by atoms with E-state index in [0.29, 0.717) is 32.1 Å². The van der Waals surface area contributed by atoms with Crippen molar-refractivity contribution < 1.29 is 14.3 Å². The van der Waals surface area contributed by atoms with Gasteiger partial charge in [-0.15, -0.1) is 0 Å². The number of carbonyl (C=O) groups excluding carboxylic acids is 1. The number of hydrogen-bond acceptors (Lipinski definition) is 4. The Morgan fingerprint density at radius 3 is 2.50 bits per heavy atom. The third kappa shape index (κ3) is 3.04. The molecule has 0 radical (unpaired) electrons. The van der Waals surface area contributed by atoms with Crippen molar-refractivity contribution in [2.24, 2.45) is 11.1 Å². The molecule has 1 amide bonds. The summed E-state index contributed by atoms with van der Waals surface area (Å²) in [5, 5.41) is 0. The first kappa shape index (κ1) is 14.7. The van der Waals surface area contributed by atoms with Crippen LogP contribution in [0.4, 0.5) is 5.69 Å². The molecule has 0 saturated carbocycles. The van der Waals surface area contributed by atoms with Crippen LogP contribution in [-0.4, -0.2) is 32.2 Å². The first-order valence-electron chi connectivity index (χ1n) is 6.85. The third-order valence-corrected chi connectivity index (χ3v) is 3.08. The van der Waals surface area contributed by atoms with E-state index in [0.717, 1.165) is 11.4 Å². The smallest absolute Gasteiger partial charge is 0.232 e. The lowest BCUT2D eigenvalue weighted by Crippen LogP contribution is -2.42. The SMILES string of the molecule is CC(C)(C)C(=O)N(CCN)c1ccc2c(c1)OCCO2. The van der Waals surface area contributed by atoms with E-state index in [1.54, 1.807) is 4.90 Å². The number of fused-ring (bicyclic) bond motifs is 1. The summed E-state index contributed by atoms with van der Waals surface area (Å²) >= 11 is 0. The topological polar surface area (TPSA) is 64.8 Å². The quantitative estimate of drug-likeness (QED) is 0.915. The molecule has 0 aliphatic carbocycles. The van der Waals surface area contributed by atoms with E-state index in [1.165, 1.54) is 0 Å². The predicted molar refractivity (Wildman–Crippen MR) is 78.3 cm³/mol. The van der Waals surface area contributed by atoms with E-state index in [4.69, 9.17) is 15.2 Å². The average Bonchev–Trinajstić information content (AvgIpc) is 2.42. The zero-order valence-electron chi connectivity index (χ0n) is 12.3. The molecule has 0 bridgehead atoms. The summed E-state index contributed by atoms with van der Waals surface area (Å²) in [4.78, 5) is 14.2. The lowest BCUT2D eigenvalue weighted by Gasteiger charge is -2.30. The molecule has 1 heterocycles. The zero-order chi connectivity index (χ0) is 14.8. The second-order valence-corrected chi connectivity index (χ2v) is 5.82. The summed E-state index contributed by atoms with van der Waals surface area (Å²) in [5.41, 5.74) is 5.97. The highest BCUT2D eigenvalue weighted by Gasteiger charge is 2.28. The molecule has 5 heteroatoms. The number of benzene rings is 1. The Kier molecular flexibility index (Phi) is 4.18. The fraction of sp³-hybridized carbons (Fsp3) is 0.533. The van der Waals surface area contributed by atoms with E-state index in [1.807, 2.05) is 39.0 Å². The lowest BCUT2D eigenvalue weighted by atomic mass is 9.94. The molecule has 0 saturated heterocycles. The fourth-order valence-electron chi connectivity index (χ4n) is 2.08. The van der Waals surface area contributed by atoms with E-state index < -0.39 is 5.41 Å². The molecule has 20 heavy (non-hydrogen) atoms. The highest BCUT2D eigenvalue weighted by molar-refractivity contribution is 5.97. The summed E-state index contributed by atoms with van der Waals surface area (Å²) < 4.78 is 11.1. The largest absolute Gasteiger partial charge is 0.486 e. The van der Waals surface area contributed by atoms with Crippen molar-refractivity contribution >= 4 is 11.6 Å². The van der Waals surface area contributed by atoms with Crippen LogP contribution in [0.2, 0.25) is 0 Å². The summed E-state index contributed by atoms with van der Waals surface area (Å²) in [6, 6.07) is 5.55. The molecular formula is C15H22N2O3. The second-order valence-electron chi connectivity index (χ2n) is 5.82. The first-order chi connectivity index (χ1) is 9.43. The van der Waals surface area contributed by atoms with Crippen LogP contribution < -0.4 is 20.1 Å².